The number of carbonyl (C=O) groups is 2. The van der Waals surface area contributed by atoms with Gasteiger partial charge in [0.15, 0.2) is 0 Å². The Morgan fingerprint density at radius 3 is 2.87 bits per heavy atom. The van der Waals surface area contributed by atoms with E-state index in [4.69, 9.17) is 4.74 Å². The van der Waals surface area contributed by atoms with E-state index in [0.717, 1.165) is 36.5 Å². The second kappa shape index (κ2) is 9.61. The van der Waals surface area contributed by atoms with Gasteiger partial charge < -0.3 is 20.3 Å². The van der Waals surface area contributed by atoms with Crippen molar-refractivity contribution in [3.8, 4) is 5.75 Å². The maximum absolute atomic E-state index is 12.3. The molecule has 2 N–H and O–H groups in total. The SMILES string of the molecule is O=C1CN(c2ccc(NC(=O)CCc3cccc(OC4CCCC4)c3)cn2)CCN1. The van der Waals surface area contributed by atoms with Crippen LogP contribution in [0.5, 0.6) is 5.75 Å². The first-order valence-corrected chi connectivity index (χ1v) is 10.7. The van der Waals surface area contributed by atoms with Crippen LogP contribution in [0.15, 0.2) is 42.6 Å². The van der Waals surface area contributed by atoms with Crippen LogP contribution in [0.1, 0.15) is 37.7 Å². The van der Waals surface area contributed by atoms with E-state index in [0.29, 0.717) is 37.7 Å². The van der Waals surface area contributed by atoms with Gasteiger partial charge in [-0.25, -0.2) is 4.98 Å². The van der Waals surface area contributed by atoms with Crippen molar-refractivity contribution < 1.29 is 14.3 Å². The van der Waals surface area contributed by atoms with Gasteiger partial charge in [-0.15, -0.1) is 0 Å². The molecule has 0 radical (unpaired) electrons. The first kappa shape index (κ1) is 20.2. The van der Waals surface area contributed by atoms with Gasteiger partial charge >= 0.3 is 0 Å². The van der Waals surface area contributed by atoms with Crippen molar-refractivity contribution in [1.82, 2.24) is 10.3 Å². The third kappa shape index (κ3) is 5.49. The molecular weight excluding hydrogens is 380 g/mol. The highest BCUT2D eigenvalue weighted by Gasteiger charge is 2.18. The Labute approximate surface area is 176 Å². The summed E-state index contributed by atoms with van der Waals surface area (Å²) in [5.41, 5.74) is 1.75. The number of pyridine rings is 1. The van der Waals surface area contributed by atoms with E-state index in [-0.39, 0.29) is 11.8 Å². The molecule has 0 atom stereocenters. The molecule has 2 fully saturated rings. The molecule has 7 nitrogen and oxygen atoms in total. The summed E-state index contributed by atoms with van der Waals surface area (Å²) >= 11 is 0. The lowest BCUT2D eigenvalue weighted by molar-refractivity contribution is -0.120. The lowest BCUT2D eigenvalue weighted by Gasteiger charge is -2.27. The molecule has 1 aliphatic carbocycles. The molecule has 4 rings (SSSR count). The lowest BCUT2D eigenvalue weighted by Crippen LogP contribution is -2.48. The molecule has 158 valence electrons. The van der Waals surface area contributed by atoms with Crippen LogP contribution in [-0.2, 0) is 16.0 Å². The van der Waals surface area contributed by atoms with Crippen LogP contribution in [0.4, 0.5) is 11.5 Å². The first-order chi connectivity index (χ1) is 14.7. The van der Waals surface area contributed by atoms with Crippen molar-refractivity contribution in [3.63, 3.8) is 0 Å². The van der Waals surface area contributed by atoms with Gasteiger partial charge in [-0.05, 0) is 61.9 Å². The highest BCUT2D eigenvalue weighted by molar-refractivity contribution is 5.90. The molecule has 2 amide bonds. The molecule has 0 unspecified atom stereocenters. The standard InChI is InChI=1S/C23H28N4O3/c28-22(11-8-17-4-3-7-20(14-17)30-19-5-1-2-6-19)26-18-9-10-21(25-15-18)27-13-12-24-23(29)16-27/h3-4,7,9-10,14-15,19H,1-2,5-6,8,11-13,16H2,(H,24,29)(H,26,28). The molecule has 2 aliphatic rings. The molecule has 0 bridgehead atoms. The predicted molar refractivity (Wildman–Crippen MR) is 116 cm³/mol. The Hall–Kier alpha value is -3.09. The smallest absolute Gasteiger partial charge is 0.239 e. The maximum atomic E-state index is 12.3. The van der Waals surface area contributed by atoms with Gasteiger partial charge in [0.25, 0.3) is 0 Å². The van der Waals surface area contributed by atoms with Gasteiger partial charge in [-0.3, -0.25) is 9.59 Å². The summed E-state index contributed by atoms with van der Waals surface area (Å²) in [6.07, 6.45) is 7.76. The van der Waals surface area contributed by atoms with Crippen molar-refractivity contribution >= 4 is 23.3 Å². The molecule has 30 heavy (non-hydrogen) atoms. The molecule has 2 aromatic rings. The fourth-order valence-electron chi connectivity index (χ4n) is 3.94. The number of aryl methyl sites for hydroxylation is 1. The van der Waals surface area contributed by atoms with Crippen molar-refractivity contribution in [2.24, 2.45) is 0 Å². The van der Waals surface area contributed by atoms with Crippen molar-refractivity contribution in [1.29, 1.82) is 0 Å². The molecular formula is C23H28N4O3. The summed E-state index contributed by atoms with van der Waals surface area (Å²) in [5.74, 6) is 1.58. The van der Waals surface area contributed by atoms with Crippen molar-refractivity contribution in [2.75, 3.05) is 29.9 Å². The van der Waals surface area contributed by atoms with Gasteiger partial charge in [-0.1, -0.05) is 12.1 Å². The van der Waals surface area contributed by atoms with Crippen LogP contribution < -0.4 is 20.3 Å². The first-order valence-electron chi connectivity index (χ1n) is 10.7. The third-order valence-corrected chi connectivity index (χ3v) is 5.54. The van der Waals surface area contributed by atoms with Crippen LogP contribution >= 0.6 is 0 Å². The number of benzene rings is 1. The second-order valence-corrected chi connectivity index (χ2v) is 7.90. The van der Waals surface area contributed by atoms with E-state index < -0.39 is 0 Å². The molecule has 7 heteroatoms. The Bertz CT molecular complexity index is 878. The highest BCUT2D eigenvalue weighted by atomic mass is 16.5. The number of hydrogen-bond acceptors (Lipinski definition) is 5. The van der Waals surface area contributed by atoms with Crippen LogP contribution in [-0.4, -0.2) is 42.5 Å². The zero-order chi connectivity index (χ0) is 20.8. The molecule has 1 saturated heterocycles. The predicted octanol–water partition coefficient (Wildman–Crippen LogP) is 2.91. The minimum absolute atomic E-state index is 0.00172. The number of hydrogen-bond donors (Lipinski definition) is 2. The van der Waals surface area contributed by atoms with E-state index in [1.54, 1.807) is 6.20 Å². The van der Waals surface area contributed by atoms with Gasteiger partial charge in [0.1, 0.15) is 11.6 Å². The molecule has 1 aromatic carbocycles. The van der Waals surface area contributed by atoms with E-state index in [9.17, 15) is 9.59 Å². The van der Waals surface area contributed by atoms with E-state index in [1.165, 1.54) is 12.8 Å². The van der Waals surface area contributed by atoms with Gasteiger partial charge in [0, 0.05) is 19.5 Å². The Morgan fingerprint density at radius 2 is 2.10 bits per heavy atom. The Morgan fingerprint density at radius 1 is 1.23 bits per heavy atom. The van der Waals surface area contributed by atoms with E-state index in [2.05, 4.69) is 15.6 Å². The van der Waals surface area contributed by atoms with Gasteiger partial charge in [0.05, 0.1) is 24.5 Å². The molecule has 0 spiro atoms. The monoisotopic (exact) mass is 408 g/mol. The average molecular weight is 409 g/mol. The van der Waals surface area contributed by atoms with Crippen LogP contribution in [0.3, 0.4) is 0 Å². The minimum Gasteiger partial charge on any atom is -0.490 e. The van der Waals surface area contributed by atoms with Gasteiger partial charge in [0.2, 0.25) is 11.8 Å². The number of carbonyl (C=O) groups excluding carboxylic acids is 2. The normalized spacial score (nSPS) is 16.9. The molecule has 2 heterocycles. The number of aromatic nitrogens is 1. The zero-order valence-electron chi connectivity index (χ0n) is 17.1. The average Bonchev–Trinajstić information content (AvgIpc) is 3.26. The highest BCUT2D eigenvalue weighted by Crippen LogP contribution is 2.25. The number of nitrogens with zero attached hydrogens (tertiary/aromatic N) is 2. The largest absolute Gasteiger partial charge is 0.490 e. The summed E-state index contributed by atoms with van der Waals surface area (Å²) in [4.78, 5) is 30.2. The number of ether oxygens (including phenoxy) is 1. The van der Waals surface area contributed by atoms with Crippen molar-refractivity contribution in [2.45, 2.75) is 44.6 Å². The minimum atomic E-state index is -0.0518. The number of anilines is 2. The summed E-state index contributed by atoms with van der Waals surface area (Å²) in [6.45, 7) is 1.65. The number of amides is 2. The van der Waals surface area contributed by atoms with Crippen LogP contribution in [0.25, 0.3) is 0 Å². The number of rotatable bonds is 7. The maximum Gasteiger partial charge on any atom is 0.239 e. The Kier molecular flexibility index (Phi) is 6.47. The zero-order valence-corrected chi connectivity index (χ0v) is 17.1. The fourth-order valence-corrected chi connectivity index (χ4v) is 3.94. The van der Waals surface area contributed by atoms with E-state index >= 15 is 0 Å². The van der Waals surface area contributed by atoms with E-state index in [1.807, 2.05) is 41.3 Å². The Balaban J connectivity index is 1.26. The summed E-state index contributed by atoms with van der Waals surface area (Å²) in [7, 11) is 0. The summed E-state index contributed by atoms with van der Waals surface area (Å²) in [6, 6.07) is 11.7. The van der Waals surface area contributed by atoms with Crippen molar-refractivity contribution in [3.05, 3.63) is 48.2 Å². The number of piperazine rings is 1. The van der Waals surface area contributed by atoms with Crippen LogP contribution in [0, 0.1) is 0 Å². The quantitative estimate of drug-likeness (QED) is 0.736. The third-order valence-electron chi connectivity index (χ3n) is 5.54. The molecule has 1 aliphatic heterocycles. The topological polar surface area (TPSA) is 83.6 Å². The number of nitrogens with one attached hydrogen (secondary N) is 2. The van der Waals surface area contributed by atoms with Crippen LogP contribution in [0.2, 0.25) is 0 Å². The second-order valence-electron chi connectivity index (χ2n) is 7.90. The summed E-state index contributed by atoms with van der Waals surface area (Å²) in [5, 5.41) is 5.69. The van der Waals surface area contributed by atoms with Gasteiger partial charge in [-0.2, -0.15) is 0 Å². The molecule has 1 aromatic heterocycles. The lowest BCUT2D eigenvalue weighted by atomic mass is 10.1. The fraction of sp³-hybridized carbons (Fsp3) is 0.435. The molecule has 1 saturated carbocycles. The summed E-state index contributed by atoms with van der Waals surface area (Å²) < 4.78 is 6.05.